The highest BCUT2D eigenvalue weighted by molar-refractivity contribution is 4.99. The Kier molecular flexibility index (Phi) is 5.24. The van der Waals surface area contributed by atoms with Crippen LogP contribution in [-0.2, 0) is 6.54 Å². The number of hydrogen-bond acceptors (Lipinski definition) is 2. The van der Waals surface area contributed by atoms with E-state index in [0.29, 0.717) is 12.1 Å². The summed E-state index contributed by atoms with van der Waals surface area (Å²) in [6, 6.07) is 3.37. The zero-order valence-electron chi connectivity index (χ0n) is 11.9. The molecule has 0 radical (unpaired) electrons. The molecule has 102 valence electrons. The van der Waals surface area contributed by atoms with Crippen LogP contribution in [0.4, 0.5) is 0 Å². The van der Waals surface area contributed by atoms with Gasteiger partial charge in [-0.1, -0.05) is 32.6 Å². The first-order chi connectivity index (χ1) is 8.79. The SMILES string of the molecule is CCC(C)n1ccc(CNC2CCCCCC2)n1. The van der Waals surface area contributed by atoms with Crippen LogP contribution in [0.1, 0.15) is 70.5 Å². The Morgan fingerprint density at radius 2 is 2.06 bits per heavy atom. The molecule has 1 saturated carbocycles. The van der Waals surface area contributed by atoms with Crippen LogP contribution >= 0.6 is 0 Å². The van der Waals surface area contributed by atoms with Gasteiger partial charge >= 0.3 is 0 Å². The van der Waals surface area contributed by atoms with Crippen LogP contribution in [0.2, 0.25) is 0 Å². The van der Waals surface area contributed by atoms with Gasteiger partial charge in [-0.2, -0.15) is 5.10 Å². The topological polar surface area (TPSA) is 29.9 Å². The lowest BCUT2D eigenvalue weighted by atomic mass is 10.1. The van der Waals surface area contributed by atoms with Gasteiger partial charge in [0.25, 0.3) is 0 Å². The van der Waals surface area contributed by atoms with Crippen LogP contribution in [-0.4, -0.2) is 15.8 Å². The van der Waals surface area contributed by atoms with E-state index in [0.717, 1.165) is 13.0 Å². The molecule has 18 heavy (non-hydrogen) atoms. The second-order valence-corrected chi connectivity index (χ2v) is 5.61. The smallest absolute Gasteiger partial charge is 0.0762 e. The maximum atomic E-state index is 4.64. The molecule has 1 atom stereocenters. The maximum Gasteiger partial charge on any atom is 0.0762 e. The number of nitrogens with zero attached hydrogens (tertiary/aromatic N) is 2. The lowest BCUT2D eigenvalue weighted by molar-refractivity contribution is 0.443. The number of nitrogens with one attached hydrogen (secondary N) is 1. The Bertz CT molecular complexity index is 337. The Morgan fingerprint density at radius 3 is 2.72 bits per heavy atom. The molecule has 0 amide bonds. The van der Waals surface area contributed by atoms with Crippen molar-refractivity contribution in [3.63, 3.8) is 0 Å². The lowest BCUT2D eigenvalue weighted by Gasteiger charge is -2.15. The van der Waals surface area contributed by atoms with Gasteiger partial charge in [-0.05, 0) is 32.3 Å². The van der Waals surface area contributed by atoms with Crippen LogP contribution < -0.4 is 5.32 Å². The first-order valence-corrected chi connectivity index (χ1v) is 7.57. The van der Waals surface area contributed by atoms with E-state index >= 15 is 0 Å². The minimum Gasteiger partial charge on any atom is -0.308 e. The standard InChI is InChI=1S/C15H27N3/c1-3-13(2)18-11-10-15(17-18)12-16-14-8-6-4-5-7-9-14/h10-11,13-14,16H,3-9,12H2,1-2H3. The molecule has 0 spiro atoms. The van der Waals surface area contributed by atoms with Crippen molar-refractivity contribution < 1.29 is 0 Å². The van der Waals surface area contributed by atoms with E-state index in [1.807, 2.05) is 0 Å². The molecule has 1 unspecified atom stereocenters. The molecule has 1 aromatic rings. The van der Waals surface area contributed by atoms with Crippen molar-refractivity contribution in [3.8, 4) is 0 Å². The summed E-state index contributed by atoms with van der Waals surface area (Å²) < 4.78 is 2.09. The Balaban J connectivity index is 1.80. The highest BCUT2D eigenvalue weighted by Crippen LogP contribution is 2.17. The van der Waals surface area contributed by atoms with Crippen LogP contribution in [0.3, 0.4) is 0 Å². The molecule has 0 aliphatic heterocycles. The molecule has 1 aliphatic carbocycles. The van der Waals surface area contributed by atoms with Gasteiger partial charge in [0.2, 0.25) is 0 Å². The summed E-state index contributed by atoms with van der Waals surface area (Å²) in [4.78, 5) is 0. The van der Waals surface area contributed by atoms with E-state index in [9.17, 15) is 0 Å². The molecule has 0 aromatic carbocycles. The maximum absolute atomic E-state index is 4.64. The number of rotatable bonds is 5. The van der Waals surface area contributed by atoms with Crippen LogP contribution in [0, 0.1) is 0 Å². The largest absolute Gasteiger partial charge is 0.308 e. The van der Waals surface area contributed by atoms with Gasteiger partial charge in [0.1, 0.15) is 0 Å². The molecule has 1 aromatic heterocycles. The van der Waals surface area contributed by atoms with Gasteiger partial charge < -0.3 is 5.32 Å². The predicted molar refractivity (Wildman–Crippen MR) is 75.6 cm³/mol. The summed E-state index contributed by atoms with van der Waals surface area (Å²) >= 11 is 0. The van der Waals surface area contributed by atoms with E-state index in [1.165, 1.54) is 44.2 Å². The Morgan fingerprint density at radius 1 is 1.33 bits per heavy atom. The van der Waals surface area contributed by atoms with Gasteiger partial charge in [0, 0.05) is 24.8 Å². The molecular formula is C15H27N3. The van der Waals surface area contributed by atoms with Crippen molar-refractivity contribution in [3.05, 3.63) is 18.0 Å². The number of hydrogen-bond donors (Lipinski definition) is 1. The summed E-state index contributed by atoms with van der Waals surface area (Å²) in [6.07, 6.45) is 11.5. The van der Waals surface area contributed by atoms with Gasteiger partial charge in [-0.15, -0.1) is 0 Å². The summed E-state index contributed by atoms with van der Waals surface area (Å²) in [6.45, 7) is 5.35. The van der Waals surface area contributed by atoms with E-state index in [1.54, 1.807) is 0 Å². The summed E-state index contributed by atoms with van der Waals surface area (Å²) in [7, 11) is 0. The second-order valence-electron chi connectivity index (χ2n) is 5.61. The average molecular weight is 249 g/mol. The predicted octanol–water partition coefficient (Wildman–Crippen LogP) is 3.67. The molecule has 0 bridgehead atoms. The summed E-state index contributed by atoms with van der Waals surface area (Å²) in [5, 5.41) is 8.32. The summed E-state index contributed by atoms with van der Waals surface area (Å²) in [5.74, 6) is 0. The zero-order valence-corrected chi connectivity index (χ0v) is 11.9. The third kappa shape index (κ3) is 3.84. The molecule has 1 heterocycles. The van der Waals surface area contributed by atoms with Crippen molar-refractivity contribution in [2.45, 2.75) is 77.4 Å². The number of aromatic nitrogens is 2. The van der Waals surface area contributed by atoms with Crippen LogP contribution in [0.25, 0.3) is 0 Å². The van der Waals surface area contributed by atoms with Gasteiger partial charge in [0.05, 0.1) is 5.69 Å². The first-order valence-electron chi connectivity index (χ1n) is 7.57. The molecule has 1 fully saturated rings. The minimum atomic E-state index is 0.511. The van der Waals surface area contributed by atoms with E-state index < -0.39 is 0 Å². The first kappa shape index (κ1) is 13.6. The third-order valence-corrected chi connectivity index (χ3v) is 4.13. The van der Waals surface area contributed by atoms with Gasteiger partial charge in [-0.25, -0.2) is 0 Å². The van der Waals surface area contributed by atoms with Crippen molar-refractivity contribution in [2.75, 3.05) is 0 Å². The monoisotopic (exact) mass is 249 g/mol. The molecule has 3 nitrogen and oxygen atoms in total. The minimum absolute atomic E-state index is 0.511. The molecule has 3 heteroatoms. The van der Waals surface area contributed by atoms with E-state index in [-0.39, 0.29) is 0 Å². The lowest BCUT2D eigenvalue weighted by Crippen LogP contribution is -2.28. The normalized spacial score (nSPS) is 19.7. The van der Waals surface area contributed by atoms with E-state index in [4.69, 9.17) is 0 Å². The molecule has 1 N–H and O–H groups in total. The van der Waals surface area contributed by atoms with Crippen LogP contribution in [0.5, 0.6) is 0 Å². The molecule has 2 rings (SSSR count). The summed E-state index contributed by atoms with van der Waals surface area (Å²) in [5.41, 5.74) is 1.18. The van der Waals surface area contributed by atoms with Crippen molar-refractivity contribution >= 4 is 0 Å². The van der Waals surface area contributed by atoms with Crippen molar-refractivity contribution in [1.29, 1.82) is 0 Å². The fourth-order valence-electron chi connectivity index (χ4n) is 2.64. The van der Waals surface area contributed by atoms with Gasteiger partial charge in [-0.3, -0.25) is 4.68 Å². The Hall–Kier alpha value is -0.830. The van der Waals surface area contributed by atoms with Gasteiger partial charge in [0.15, 0.2) is 0 Å². The fraction of sp³-hybridized carbons (Fsp3) is 0.800. The highest BCUT2D eigenvalue weighted by atomic mass is 15.3. The Labute approximate surface area is 111 Å². The zero-order chi connectivity index (χ0) is 12.8. The van der Waals surface area contributed by atoms with Crippen LogP contribution in [0.15, 0.2) is 12.3 Å². The molecule has 0 saturated heterocycles. The average Bonchev–Trinajstić information content (AvgIpc) is 2.71. The van der Waals surface area contributed by atoms with Crippen molar-refractivity contribution in [1.82, 2.24) is 15.1 Å². The highest BCUT2D eigenvalue weighted by Gasteiger charge is 2.12. The quantitative estimate of drug-likeness (QED) is 0.807. The fourth-order valence-corrected chi connectivity index (χ4v) is 2.64. The van der Waals surface area contributed by atoms with E-state index in [2.05, 4.69) is 41.2 Å². The molecular weight excluding hydrogens is 222 g/mol. The molecule has 1 aliphatic rings. The second kappa shape index (κ2) is 6.93. The third-order valence-electron chi connectivity index (χ3n) is 4.13. The van der Waals surface area contributed by atoms with Crippen molar-refractivity contribution in [2.24, 2.45) is 0 Å².